The number of hydrogen-bond acceptors (Lipinski definition) is 3. The summed E-state index contributed by atoms with van der Waals surface area (Å²) in [4.78, 5) is 0. The van der Waals surface area contributed by atoms with Gasteiger partial charge in [-0.25, -0.2) is 0 Å². The second-order valence-corrected chi connectivity index (χ2v) is 5.15. The Balaban J connectivity index is 3.06. The first kappa shape index (κ1) is 17.8. The van der Waals surface area contributed by atoms with Gasteiger partial charge in [0.25, 0.3) is 0 Å². The van der Waals surface area contributed by atoms with Crippen molar-refractivity contribution in [2.45, 2.75) is 45.7 Å². The molecule has 1 aromatic carbocycles. The van der Waals surface area contributed by atoms with E-state index in [1.54, 1.807) is 12.1 Å². The molecule has 0 amide bonds. The van der Waals surface area contributed by atoms with Crippen molar-refractivity contribution < 1.29 is 22.6 Å². The Kier molecular flexibility index (Phi) is 6.04. The van der Waals surface area contributed by atoms with Crippen LogP contribution in [0.1, 0.15) is 39.3 Å². The highest BCUT2D eigenvalue weighted by Crippen LogP contribution is 2.32. The van der Waals surface area contributed by atoms with Crippen molar-refractivity contribution in [3.05, 3.63) is 29.8 Å². The van der Waals surface area contributed by atoms with Crippen molar-refractivity contribution in [2.24, 2.45) is 0 Å². The molecule has 0 aliphatic heterocycles. The summed E-state index contributed by atoms with van der Waals surface area (Å²) in [6.45, 7) is 8.82. The van der Waals surface area contributed by atoms with Gasteiger partial charge in [-0.1, -0.05) is 19.1 Å². The number of rotatable bonds is 7. The van der Waals surface area contributed by atoms with Crippen molar-refractivity contribution in [1.82, 2.24) is 5.32 Å². The Bertz CT molecular complexity index is 447. The van der Waals surface area contributed by atoms with Crippen molar-refractivity contribution in [3.8, 4) is 5.75 Å². The molecule has 0 bridgehead atoms. The van der Waals surface area contributed by atoms with Crippen LogP contribution < -0.4 is 10.1 Å². The number of halogens is 3. The van der Waals surface area contributed by atoms with Gasteiger partial charge in [0.1, 0.15) is 5.75 Å². The number of benzene rings is 1. The molecule has 0 heterocycles. The van der Waals surface area contributed by atoms with E-state index in [2.05, 4.69) is 10.1 Å². The van der Waals surface area contributed by atoms with Gasteiger partial charge in [-0.15, -0.1) is 13.2 Å². The molecule has 0 fully saturated rings. The number of hydrogen-bond donors (Lipinski definition) is 1. The van der Waals surface area contributed by atoms with Crippen molar-refractivity contribution in [1.29, 1.82) is 0 Å². The quantitative estimate of drug-likeness (QED) is 0.824. The van der Waals surface area contributed by atoms with Gasteiger partial charge in [-0.3, -0.25) is 0 Å². The second-order valence-electron chi connectivity index (χ2n) is 5.15. The van der Waals surface area contributed by atoms with Crippen LogP contribution in [0.3, 0.4) is 0 Å². The topological polar surface area (TPSA) is 30.5 Å². The Morgan fingerprint density at radius 1 is 1.19 bits per heavy atom. The summed E-state index contributed by atoms with van der Waals surface area (Å²) in [5, 5.41) is 3.25. The van der Waals surface area contributed by atoms with Crippen LogP contribution >= 0.6 is 0 Å². The fourth-order valence-corrected chi connectivity index (χ4v) is 2.32. The molecule has 1 aromatic rings. The normalized spacial score (nSPS) is 14.0. The number of alkyl halides is 3. The van der Waals surface area contributed by atoms with Crippen LogP contribution in [0.4, 0.5) is 13.2 Å². The molecular weight excluding hydrogens is 283 g/mol. The zero-order valence-electron chi connectivity index (χ0n) is 12.8. The first-order valence-electron chi connectivity index (χ1n) is 6.92. The predicted molar refractivity (Wildman–Crippen MR) is 75.2 cm³/mol. The van der Waals surface area contributed by atoms with Crippen LogP contribution in [0.5, 0.6) is 5.75 Å². The SMILES string of the molecule is CCNC(c1cccc(OC(F)(F)F)c1)C(C)(C)OCC. The van der Waals surface area contributed by atoms with Crippen molar-refractivity contribution >= 4 is 0 Å². The van der Waals surface area contributed by atoms with Crippen molar-refractivity contribution in [2.75, 3.05) is 13.2 Å². The minimum atomic E-state index is -4.69. The maximum absolute atomic E-state index is 12.3. The standard InChI is InChI=1S/C15H22F3NO2/c1-5-19-13(14(3,4)20-6-2)11-8-7-9-12(10-11)21-15(16,17)18/h7-10,13,19H,5-6H2,1-4H3. The Labute approximate surface area is 123 Å². The van der Waals surface area contributed by atoms with Crippen LogP contribution in [0.25, 0.3) is 0 Å². The van der Waals surface area contributed by atoms with E-state index >= 15 is 0 Å². The first-order chi connectivity index (χ1) is 9.69. The average molecular weight is 305 g/mol. The van der Waals surface area contributed by atoms with E-state index in [4.69, 9.17) is 4.74 Å². The highest BCUT2D eigenvalue weighted by Gasteiger charge is 2.33. The summed E-state index contributed by atoms with van der Waals surface area (Å²) in [6.07, 6.45) is -4.69. The molecule has 0 saturated heterocycles. The largest absolute Gasteiger partial charge is 0.573 e. The van der Waals surface area contributed by atoms with Crippen LogP contribution in [0.15, 0.2) is 24.3 Å². The average Bonchev–Trinajstić information content (AvgIpc) is 2.33. The van der Waals surface area contributed by atoms with Gasteiger partial charge in [0.15, 0.2) is 0 Å². The number of likely N-dealkylation sites (N-methyl/N-ethyl adjacent to an activating group) is 1. The third kappa shape index (κ3) is 5.55. The third-order valence-electron chi connectivity index (χ3n) is 3.04. The summed E-state index contributed by atoms with van der Waals surface area (Å²) in [7, 11) is 0. The summed E-state index contributed by atoms with van der Waals surface area (Å²) in [5.74, 6) is -0.227. The summed E-state index contributed by atoms with van der Waals surface area (Å²) in [5.41, 5.74) is 0.138. The van der Waals surface area contributed by atoms with E-state index < -0.39 is 12.0 Å². The van der Waals surface area contributed by atoms with E-state index in [0.717, 1.165) is 0 Å². The summed E-state index contributed by atoms with van der Waals surface area (Å²) in [6, 6.07) is 5.74. The lowest BCUT2D eigenvalue weighted by molar-refractivity contribution is -0.274. The van der Waals surface area contributed by atoms with Crippen LogP contribution in [-0.2, 0) is 4.74 Å². The second kappa shape index (κ2) is 7.13. The maximum atomic E-state index is 12.3. The van der Waals surface area contributed by atoms with E-state index in [-0.39, 0.29) is 11.8 Å². The van der Waals surface area contributed by atoms with E-state index in [9.17, 15) is 13.2 Å². The maximum Gasteiger partial charge on any atom is 0.573 e. The Morgan fingerprint density at radius 2 is 1.86 bits per heavy atom. The van der Waals surface area contributed by atoms with Crippen LogP contribution in [0.2, 0.25) is 0 Å². The summed E-state index contributed by atoms with van der Waals surface area (Å²) >= 11 is 0. The third-order valence-corrected chi connectivity index (χ3v) is 3.04. The molecule has 1 atom stereocenters. The van der Waals surface area contributed by atoms with Gasteiger partial charge < -0.3 is 14.8 Å². The Morgan fingerprint density at radius 3 is 2.38 bits per heavy atom. The molecule has 21 heavy (non-hydrogen) atoms. The smallest absolute Gasteiger partial charge is 0.406 e. The fraction of sp³-hybridized carbons (Fsp3) is 0.600. The molecule has 3 nitrogen and oxygen atoms in total. The molecule has 1 unspecified atom stereocenters. The lowest BCUT2D eigenvalue weighted by Gasteiger charge is -2.35. The predicted octanol–water partition coefficient (Wildman–Crippen LogP) is 4.05. The summed E-state index contributed by atoms with van der Waals surface area (Å²) < 4.78 is 46.6. The van der Waals surface area contributed by atoms with Gasteiger partial charge in [0.2, 0.25) is 0 Å². The Hall–Kier alpha value is -1.27. The van der Waals surface area contributed by atoms with Gasteiger partial charge in [0.05, 0.1) is 11.6 Å². The minimum Gasteiger partial charge on any atom is -0.406 e. The molecule has 1 N–H and O–H groups in total. The van der Waals surface area contributed by atoms with E-state index in [0.29, 0.717) is 18.7 Å². The number of ether oxygens (including phenoxy) is 2. The van der Waals surface area contributed by atoms with Gasteiger partial charge >= 0.3 is 6.36 Å². The minimum absolute atomic E-state index is 0.227. The molecule has 0 saturated carbocycles. The highest BCUT2D eigenvalue weighted by molar-refractivity contribution is 5.32. The van der Waals surface area contributed by atoms with E-state index in [1.807, 2.05) is 27.7 Å². The van der Waals surface area contributed by atoms with E-state index in [1.165, 1.54) is 12.1 Å². The van der Waals surface area contributed by atoms with Gasteiger partial charge in [-0.2, -0.15) is 0 Å². The van der Waals surface area contributed by atoms with Crippen LogP contribution in [0, 0.1) is 0 Å². The molecule has 0 spiro atoms. The molecule has 1 rings (SSSR count). The van der Waals surface area contributed by atoms with Gasteiger partial charge in [-0.05, 0) is 45.0 Å². The lowest BCUT2D eigenvalue weighted by atomic mass is 9.91. The molecule has 0 aliphatic carbocycles. The van der Waals surface area contributed by atoms with Gasteiger partial charge in [0, 0.05) is 6.61 Å². The molecule has 0 aliphatic rings. The zero-order chi connectivity index (χ0) is 16.1. The van der Waals surface area contributed by atoms with Crippen LogP contribution in [-0.4, -0.2) is 25.1 Å². The molecule has 0 aromatic heterocycles. The molecule has 120 valence electrons. The highest BCUT2D eigenvalue weighted by atomic mass is 19.4. The number of nitrogens with one attached hydrogen (secondary N) is 1. The monoisotopic (exact) mass is 305 g/mol. The molecular formula is C15H22F3NO2. The zero-order valence-corrected chi connectivity index (χ0v) is 12.8. The molecule has 0 radical (unpaired) electrons. The fourth-order valence-electron chi connectivity index (χ4n) is 2.32. The molecule has 6 heteroatoms. The lowest BCUT2D eigenvalue weighted by Crippen LogP contribution is -2.41. The first-order valence-corrected chi connectivity index (χ1v) is 6.92. The van der Waals surface area contributed by atoms with Crippen molar-refractivity contribution in [3.63, 3.8) is 0 Å².